The molecule has 1 aliphatic rings. The lowest BCUT2D eigenvalue weighted by Gasteiger charge is -2.33. The number of rotatable bonds is 1. The molecule has 0 aromatic carbocycles. The van der Waals surface area contributed by atoms with Gasteiger partial charge in [0.1, 0.15) is 5.78 Å². The molecule has 1 rings (SSSR count). The number of Topliss-reactive ketones (excluding diaryl/α,β-unsaturated/α-hetero) is 1. The Bertz CT molecular complexity index is 228. The van der Waals surface area contributed by atoms with Gasteiger partial charge in [-0.25, -0.2) is 0 Å². The molecule has 2 unspecified atom stereocenters. The van der Waals surface area contributed by atoms with Gasteiger partial charge in [-0.1, -0.05) is 13.8 Å². The highest BCUT2D eigenvalue weighted by atomic mass is 16.1. The normalized spacial score (nSPS) is 36.1. The van der Waals surface area contributed by atoms with Crippen molar-refractivity contribution in [3.63, 3.8) is 0 Å². The van der Waals surface area contributed by atoms with Crippen LogP contribution in [0.2, 0.25) is 0 Å². The zero-order valence-electron chi connectivity index (χ0n) is 7.76. The van der Waals surface area contributed by atoms with Crippen molar-refractivity contribution in [3.8, 4) is 6.07 Å². The molecule has 0 heterocycles. The molecular weight excluding hydrogens is 150 g/mol. The fourth-order valence-corrected chi connectivity index (χ4v) is 2.25. The molecule has 1 saturated carbocycles. The van der Waals surface area contributed by atoms with E-state index < -0.39 is 0 Å². The third-order valence-corrected chi connectivity index (χ3v) is 2.55. The second kappa shape index (κ2) is 3.26. The minimum Gasteiger partial charge on any atom is -0.300 e. The van der Waals surface area contributed by atoms with Gasteiger partial charge in [0.25, 0.3) is 0 Å². The summed E-state index contributed by atoms with van der Waals surface area (Å²) in [6.45, 7) is 4.14. The monoisotopic (exact) mass is 165 g/mol. The lowest BCUT2D eigenvalue weighted by Crippen LogP contribution is -2.29. The summed E-state index contributed by atoms with van der Waals surface area (Å²) in [5, 5.41) is 8.59. The third-order valence-electron chi connectivity index (χ3n) is 2.55. The van der Waals surface area contributed by atoms with E-state index in [1.165, 1.54) is 0 Å². The van der Waals surface area contributed by atoms with Gasteiger partial charge in [-0.2, -0.15) is 5.26 Å². The summed E-state index contributed by atoms with van der Waals surface area (Å²) in [7, 11) is 0. The van der Waals surface area contributed by atoms with Crippen LogP contribution >= 0.6 is 0 Å². The van der Waals surface area contributed by atoms with E-state index in [9.17, 15) is 4.79 Å². The maximum atomic E-state index is 11.3. The van der Waals surface area contributed by atoms with Gasteiger partial charge in [-0.15, -0.1) is 0 Å². The van der Waals surface area contributed by atoms with Crippen molar-refractivity contribution in [3.05, 3.63) is 0 Å². The Balaban J connectivity index is 2.66. The van der Waals surface area contributed by atoms with E-state index in [1.807, 2.05) is 6.92 Å². The fourth-order valence-electron chi connectivity index (χ4n) is 2.25. The van der Waals surface area contributed by atoms with Crippen molar-refractivity contribution in [2.75, 3.05) is 0 Å². The van der Waals surface area contributed by atoms with Gasteiger partial charge in [-0.05, 0) is 17.8 Å². The molecular formula is C10H15NO. The first kappa shape index (κ1) is 9.25. The molecule has 0 spiro atoms. The lowest BCUT2D eigenvalue weighted by molar-refractivity contribution is -0.124. The van der Waals surface area contributed by atoms with Crippen LogP contribution in [0.3, 0.4) is 0 Å². The molecule has 0 aliphatic heterocycles. The molecule has 2 heteroatoms. The first-order valence-electron chi connectivity index (χ1n) is 4.44. The number of carbonyl (C=O) groups excluding carboxylic acids is 1. The van der Waals surface area contributed by atoms with E-state index in [0.717, 1.165) is 6.42 Å². The van der Waals surface area contributed by atoms with E-state index in [1.54, 1.807) is 0 Å². The van der Waals surface area contributed by atoms with Crippen molar-refractivity contribution in [2.45, 2.75) is 39.5 Å². The van der Waals surface area contributed by atoms with Gasteiger partial charge < -0.3 is 0 Å². The molecule has 2 nitrogen and oxygen atoms in total. The highest BCUT2D eigenvalue weighted by Crippen LogP contribution is 2.39. The van der Waals surface area contributed by atoms with Crippen LogP contribution < -0.4 is 0 Å². The Labute approximate surface area is 73.6 Å². The van der Waals surface area contributed by atoms with Crippen LogP contribution in [0.15, 0.2) is 0 Å². The van der Waals surface area contributed by atoms with Crippen LogP contribution in [0, 0.1) is 22.7 Å². The predicted molar refractivity (Wildman–Crippen MR) is 46.4 cm³/mol. The molecule has 0 aromatic rings. The van der Waals surface area contributed by atoms with Gasteiger partial charge in [0.2, 0.25) is 0 Å². The second-order valence-corrected chi connectivity index (χ2v) is 4.37. The molecule has 0 saturated heterocycles. The van der Waals surface area contributed by atoms with Crippen molar-refractivity contribution < 1.29 is 4.79 Å². The first-order valence-corrected chi connectivity index (χ1v) is 4.44. The van der Waals surface area contributed by atoms with E-state index in [4.69, 9.17) is 5.26 Å². The number of ketones is 1. The summed E-state index contributed by atoms with van der Waals surface area (Å²) in [6, 6.07) is 2.17. The smallest absolute Gasteiger partial charge is 0.133 e. The second-order valence-electron chi connectivity index (χ2n) is 4.37. The van der Waals surface area contributed by atoms with Gasteiger partial charge in [0.05, 0.1) is 6.07 Å². The number of nitriles is 1. The van der Waals surface area contributed by atoms with Crippen molar-refractivity contribution in [2.24, 2.45) is 11.3 Å². The molecule has 0 aromatic heterocycles. The van der Waals surface area contributed by atoms with Crippen LogP contribution in [0.1, 0.15) is 39.5 Å². The minimum atomic E-state index is -0.0382. The van der Waals surface area contributed by atoms with Gasteiger partial charge in [0.15, 0.2) is 0 Å². The van der Waals surface area contributed by atoms with Crippen LogP contribution in [0.4, 0.5) is 0 Å². The summed E-state index contributed by atoms with van der Waals surface area (Å²) in [4.78, 5) is 11.3. The van der Waals surface area contributed by atoms with Gasteiger partial charge in [0, 0.05) is 19.3 Å². The van der Waals surface area contributed by atoms with Crippen LogP contribution in [0.5, 0.6) is 0 Å². The Morgan fingerprint density at radius 3 is 2.92 bits per heavy atom. The quantitative estimate of drug-likeness (QED) is 0.598. The summed E-state index contributed by atoms with van der Waals surface area (Å²) >= 11 is 0. The minimum absolute atomic E-state index is 0.0382. The van der Waals surface area contributed by atoms with Crippen LogP contribution in [-0.2, 0) is 4.79 Å². The molecule has 2 atom stereocenters. The Morgan fingerprint density at radius 1 is 1.75 bits per heavy atom. The number of hydrogen-bond donors (Lipinski definition) is 0. The predicted octanol–water partition coefficient (Wildman–Crippen LogP) is 2.30. The van der Waals surface area contributed by atoms with Crippen molar-refractivity contribution >= 4 is 5.78 Å². The van der Waals surface area contributed by atoms with Crippen molar-refractivity contribution in [1.82, 2.24) is 0 Å². The van der Waals surface area contributed by atoms with Crippen molar-refractivity contribution in [1.29, 1.82) is 5.26 Å². The molecule has 0 amide bonds. The Hall–Kier alpha value is -0.840. The zero-order valence-corrected chi connectivity index (χ0v) is 7.76. The molecule has 66 valence electrons. The summed E-state index contributed by atoms with van der Waals surface area (Å²) in [5.41, 5.74) is -0.0382. The average Bonchev–Trinajstić information content (AvgIpc) is 1.82. The Kier molecular flexibility index (Phi) is 2.52. The number of nitrogens with zero attached hydrogens (tertiary/aromatic N) is 1. The molecule has 1 fully saturated rings. The lowest BCUT2D eigenvalue weighted by atomic mass is 9.69. The average molecular weight is 165 g/mol. The number of hydrogen-bond acceptors (Lipinski definition) is 2. The van der Waals surface area contributed by atoms with Gasteiger partial charge in [-0.3, -0.25) is 4.79 Å². The largest absolute Gasteiger partial charge is 0.300 e. The highest BCUT2D eigenvalue weighted by Gasteiger charge is 2.34. The van der Waals surface area contributed by atoms with Crippen LogP contribution in [0.25, 0.3) is 0 Å². The maximum Gasteiger partial charge on any atom is 0.133 e. The molecule has 0 radical (unpaired) electrons. The molecule has 12 heavy (non-hydrogen) atoms. The first-order chi connectivity index (χ1) is 5.56. The summed E-state index contributed by atoms with van der Waals surface area (Å²) < 4.78 is 0. The standard InChI is InChI=1S/C10H15NO/c1-8-5-9(12)7-10(2,6-8)3-4-11/h8H,3,5-7H2,1-2H3. The number of carbonyl (C=O) groups is 1. The fraction of sp³-hybridized carbons (Fsp3) is 0.800. The molecule has 0 N–H and O–H groups in total. The van der Waals surface area contributed by atoms with E-state index in [-0.39, 0.29) is 5.41 Å². The van der Waals surface area contributed by atoms with Crippen LogP contribution in [-0.4, -0.2) is 5.78 Å². The maximum absolute atomic E-state index is 11.3. The van der Waals surface area contributed by atoms with E-state index in [2.05, 4.69) is 13.0 Å². The van der Waals surface area contributed by atoms with E-state index >= 15 is 0 Å². The molecule has 1 aliphatic carbocycles. The zero-order chi connectivity index (χ0) is 9.19. The topological polar surface area (TPSA) is 40.9 Å². The summed E-state index contributed by atoms with van der Waals surface area (Å²) in [6.07, 6.45) is 2.85. The van der Waals surface area contributed by atoms with E-state index in [0.29, 0.717) is 31.0 Å². The van der Waals surface area contributed by atoms with Gasteiger partial charge >= 0.3 is 0 Å². The molecule has 0 bridgehead atoms. The summed E-state index contributed by atoms with van der Waals surface area (Å²) in [5.74, 6) is 0.788. The SMILES string of the molecule is CC1CC(=O)CC(C)(CC#N)C1. The third kappa shape index (κ3) is 2.07. The Morgan fingerprint density at radius 2 is 2.42 bits per heavy atom. The highest BCUT2D eigenvalue weighted by molar-refractivity contribution is 5.80.